The molecule has 1 aromatic heterocycles. The lowest BCUT2D eigenvalue weighted by Gasteiger charge is -2.03. The van der Waals surface area contributed by atoms with Gasteiger partial charge >= 0.3 is 0 Å². The third kappa shape index (κ3) is 1.46. The van der Waals surface area contributed by atoms with Crippen LogP contribution in [0.15, 0.2) is 30.6 Å². The number of rotatable bonds is 2. The van der Waals surface area contributed by atoms with E-state index in [9.17, 15) is 4.39 Å². The molecule has 0 saturated heterocycles. The smallest absolute Gasteiger partial charge is 0.131 e. The van der Waals surface area contributed by atoms with Crippen molar-refractivity contribution in [3.8, 4) is 11.3 Å². The van der Waals surface area contributed by atoms with E-state index in [-0.39, 0.29) is 5.82 Å². The molecule has 1 aromatic carbocycles. The van der Waals surface area contributed by atoms with Gasteiger partial charge in [0.25, 0.3) is 0 Å². The number of hydrogen-bond acceptors (Lipinski definition) is 2. The second-order valence-electron chi connectivity index (χ2n) is 4.13. The molecule has 1 fully saturated rings. The van der Waals surface area contributed by atoms with Crippen molar-refractivity contribution in [1.82, 2.24) is 9.55 Å². The van der Waals surface area contributed by atoms with Crippen LogP contribution in [0.25, 0.3) is 11.3 Å². The first-order valence-corrected chi connectivity index (χ1v) is 5.34. The Morgan fingerprint density at radius 3 is 2.88 bits per heavy atom. The van der Waals surface area contributed by atoms with E-state index in [1.807, 2.05) is 10.6 Å². The van der Waals surface area contributed by atoms with Crippen molar-refractivity contribution in [3.05, 3.63) is 36.4 Å². The number of nitrogen functional groups attached to an aromatic ring is 1. The van der Waals surface area contributed by atoms with Crippen molar-refractivity contribution in [3.63, 3.8) is 0 Å². The van der Waals surface area contributed by atoms with Crippen LogP contribution in [0, 0.1) is 5.82 Å². The third-order valence-corrected chi connectivity index (χ3v) is 2.87. The van der Waals surface area contributed by atoms with Crippen LogP contribution in [0.4, 0.5) is 10.2 Å². The largest absolute Gasteiger partial charge is 0.383 e. The molecule has 3 nitrogen and oxygen atoms in total. The summed E-state index contributed by atoms with van der Waals surface area (Å²) < 4.78 is 15.1. The van der Waals surface area contributed by atoms with Crippen molar-refractivity contribution in [1.29, 1.82) is 0 Å². The zero-order valence-electron chi connectivity index (χ0n) is 8.73. The number of hydrogen-bond donors (Lipinski definition) is 1. The summed E-state index contributed by atoms with van der Waals surface area (Å²) in [5.41, 5.74) is 7.41. The minimum atomic E-state index is -0.266. The van der Waals surface area contributed by atoms with Crippen LogP contribution < -0.4 is 5.73 Å². The van der Waals surface area contributed by atoms with Gasteiger partial charge in [0.2, 0.25) is 0 Å². The highest BCUT2D eigenvalue weighted by Crippen LogP contribution is 2.39. The third-order valence-electron chi connectivity index (χ3n) is 2.87. The second-order valence-corrected chi connectivity index (χ2v) is 4.13. The molecule has 0 atom stereocenters. The van der Waals surface area contributed by atoms with E-state index in [4.69, 9.17) is 5.73 Å². The summed E-state index contributed by atoms with van der Waals surface area (Å²) in [7, 11) is 0. The van der Waals surface area contributed by atoms with Crippen LogP contribution in [-0.4, -0.2) is 9.55 Å². The van der Waals surface area contributed by atoms with E-state index >= 15 is 0 Å². The Kier molecular flexibility index (Phi) is 1.96. The first-order valence-electron chi connectivity index (χ1n) is 5.34. The summed E-state index contributed by atoms with van der Waals surface area (Å²) in [5.74, 6) is 0.367. The first kappa shape index (κ1) is 9.39. The minimum Gasteiger partial charge on any atom is -0.383 e. The van der Waals surface area contributed by atoms with Crippen LogP contribution in [-0.2, 0) is 0 Å². The maximum absolute atomic E-state index is 13.1. The molecular formula is C12H12FN3. The molecule has 0 spiro atoms. The first-order chi connectivity index (χ1) is 7.75. The zero-order chi connectivity index (χ0) is 11.1. The number of nitrogens with two attached hydrogens (primary N) is 1. The number of benzene rings is 1. The van der Waals surface area contributed by atoms with Crippen molar-refractivity contribution in [2.75, 3.05) is 5.73 Å². The molecule has 1 saturated carbocycles. The van der Waals surface area contributed by atoms with E-state index in [0.29, 0.717) is 17.6 Å². The van der Waals surface area contributed by atoms with Crippen LogP contribution in [0.1, 0.15) is 18.9 Å². The molecule has 16 heavy (non-hydrogen) atoms. The molecule has 0 aliphatic heterocycles. The van der Waals surface area contributed by atoms with E-state index in [0.717, 1.165) is 18.4 Å². The summed E-state index contributed by atoms with van der Waals surface area (Å²) in [5, 5.41) is 0. The molecule has 2 aromatic rings. The van der Waals surface area contributed by atoms with Crippen LogP contribution in [0.3, 0.4) is 0 Å². The average Bonchev–Trinajstić information content (AvgIpc) is 3.03. The standard InChI is InChI=1S/C12H12FN3/c13-9-3-1-2-8(6-9)11-12(14)16(7-15-11)10-4-5-10/h1-3,6-7,10H,4-5,14H2. The number of aromatic nitrogens is 2. The maximum Gasteiger partial charge on any atom is 0.131 e. The number of anilines is 1. The van der Waals surface area contributed by atoms with Crippen LogP contribution >= 0.6 is 0 Å². The predicted molar refractivity (Wildman–Crippen MR) is 60.3 cm³/mol. The van der Waals surface area contributed by atoms with Crippen LogP contribution in [0.2, 0.25) is 0 Å². The molecule has 0 amide bonds. The van der Waals surface area contributed by atoms with E-state index < -0.39 is 0 Å². The van der Waals surface area contributed by atoms with Crippen molar-refractivity contribution in [2.45, 2.75) is 18.9 Å². The van der Waals surface area contributed by atoms with Gasteiger partial charge in [-0.2, -0.15) is 0 Å². The van der Waals surface area contributed by atoms with Gasteiger partial charge in [-0.1, -0.05) is 12.1 Å². The maximum atomic E-state index is 13.1. The molecule has 1 aliphatic carbocycles. The Hall–Kier alpha value is -1.84. The summed E-state index contributed by atoms with van der Waals surface area (Å²) in [4.78, 5) is 4.26. The molecular weight excluding hydrogens is 205 g/mol. The molecule has 0 unspecified atom stereocenters. The molecule has 0 radical (unpaired) electrons. The van der Waals surface area contributed by atoms with Gasteiger partial charge in [-0.3, -0.25) is 0 Å². The predicted octanol–water partition coefficient (Wildman–Crippen LogP) is 2.61. The molecule has 1 aliphatic rings. The Balaban J connectivity index is 2.06. The summed E-state index contributed by atoms with van der Waals surface area (Å²) in [6.45, 7) is 0. The van der Waals surface area contributed by atoms with Gasteiger partial charge in [0, 0.05) is 11.6 Å². The Bertz CT molecular complexity index is 529. The zero-order valence-corrected chi connectivity index (χ0v) is 8.73. The van der Waals surface area contributed by atoms with E-state index in [1.165, 1.54) is 12.1 Å². The molecule has 2 N–H and O–H groups in total. The highest BCUT2D eigenvalue weighted by Gasteiger charge is 2.26. The van der Waals surface area contributed by atoms with Gasteiger partial charge in [0.05, 0.1) is 6.33 Å². The lowest BCUT2D eigenvalue weighted by Crippen LogP contribution is -1.99. The summed E-state index contributed by atoms with van der Waals surface area (Å²) >= 11 is 0. The topological polar surface area (TPSA) is 43.8 Å². The average molecular weight is 217 g/mol. The monoisotopic (exact) mass is 217 g/mol. The molecule has 1 heterocycles. The van der Waals surface area contributed by atoms with Crippen molar-refractivity contribution in [2.24, 2.45) is 0 Å². The fourth-order valence-electron chi connectivity index (χ4n) is 1.87. The molecule has 0 bridgehead atoms. The molecule has 4 heteroatoms. The quantitative estimate of drug-likeness (QED) is 0.840. The van der Waals surface area contributed by atoms with E-state index in [2.05, 4.69) is 4.98 Å². The van der Waals surface area contributed by atoms with Crippen LogP contribution in [0.5, 0.6) is 0 Å². The van der Waals surface area contributed by atoms with Crippen molar-refractivity contribution >= 4 is 5.82 Å². The van der Waals surface area contributed by atoms with Gasteiger partial charge < -0.3 is 10.3 Å². The molecule has 82 valence electrons. The highest BCUT2D eigenvalue weighted by atomic mass is 19.1. The normalized spacial score (nSPS) is 15.3. The molecule has 3 rings (SSSR count). The summed E-state index contributed by atoms with van der Waals surface area (Å²) in [6.07, 6.45) is 4.06. The van der Waals surface area contributed by atoms with E-state index in [1.54, 1.807) is 12.4 Å². The lowest BCUT2D eigenvalue weighted by molar-refractivity contribution is 0.628. The number of halogens is 1. The number of imidazole rings is 1. The Morgan fingerprint density at radius 2 is 2.19 bits per heavy atom. The SMILES string of the molecule is Nc1c(-c2cccc(F)c2)ncn1C1CC1. The minimum absolute atomic E-state index is 0.266. The van der Waals surface area contributed by atoms with Gasteiger partial charge in [0.15, 0.2) is 0 Å². The lowest BCUT2D eigenvalue weighted by atomic mass is 10.1. The van der Waals surface area contributed by atoms with Gasteiger partial charge in [-0.15, -0.1) is 0 Å². The fraction of sp³-hybridized carbons (Fsp3) is 0.250. The second kappa shape index (κ2) is 3.33. The highest BCUT2D eigenvalue weighted by molar-refractivity contribution is 5.70. The Morgan fingerprint density at radius 1 is 1.38 bits per heavy atom. The summed E-state index contributed by atoms with van der Waals surface area (Å²) in [6, 6.07) is 6.85. The number of nitrogens with zero attached hydrogens (tertiary/aromatic N) is 2. The fourth-order valence-corrected chi connectivity index (χ4v) is 1.87. The van der Waals surface area contributed by atoms with Gasteiger partial charge in [-0.05, 0) is 25.0 Å². The van der Waals surface area contributed by atoms with Crippen molar-refractivity contribution < 1.29 is 4.39 Å². The van der Waals surface area contributed by atoms with Gasteiger partial charge in [-0.25, -0.2) is 9.37 Å². The van der Waals surface area contributed by atoms with Gasteiger partial charge in [0.1, 0.15) is 17.3 Å². The Labute approximate surface area is 92.7 Å².